The summed E-state index contributed by atoms with van der Waals surface area (Å²) in [6.45, 7) is 6.56. The molecule has 1 amide bonds. The average Bonchev–Trinajstić information content (AvgIpc) is 3.06. The van der Waals surface area contributed by atoms with Crippen LogP contribution in [0.25, 0.3) is 0 Å². The number of likely N-dealkylation sites (N-methyl/N-ethyl adjacent to an activating group) is 2. The predicted molar refractivity (Wildman–Crippen MR) is 92.7 cm³/mol. The quantitative estimate of drug-likeness (QED) is 0.806. The summed E-state index contributed by atoms with van der Waals surface area (Å²) in [5.41, 5.74) is 0. The van der Waals surface area contributed by atoms with Crippen LogP contribution in [0.4, 0.5) is 0 Å². The van der Waals surface area contributed by atoms with Crippen molar-refractivity contribution in [2.24, 2.45) is 0 Å². The zero-order valence-corrected chi connectivity index (χ0v) is 15.0. The number of rotatable bonds is 6. The summed E-state index contributed by atoms with van der Waals surface area (Å²) < 4.78 is 0. The monoisotopic (exact) mass is 339 g/mol. The van der Waals surface area contributed by atoms with Crippen LogP contribution < -0.4 is 5.32 Å². The standard InChI is InChI=1S/C15H29N3O.2ClH/c1-3-18-11-5-7-14(18)12-17(2)15(19)9-8-13-6-4-10-16-13;;/h13-14,16H,3-12H2,1-2H3;2*1H. The third-order valence-corrected chi connectivity index (χ3v) is 4.68. The summed E-state index contributed by atoms with van der Waals surface area (Å²) in [7, 11) is 1.97. The highest BCUT2D eigenvalue weighted by Gasteiger charge is 2.25. The lowest BCUT2D eigenvalue weighted by Crippen LogP contribution is -2.41. The lowest BCUT2D eigenvalue weighted by Gasteiger charge is -2.28. The number of carbonyl (C=O) groups is 1. The summed E-state index contributed by atoms with van der Waals surface area (Å²) in [5.74, 6) is 0.316. The first-order chi connectivity index (χ1) is 9.20. The minimum atomic E-state index is 0. The Labute approximate surface area is 141 Å². The molecule has 2 heterocycles. The molecule has 21 heavy (non-hydrogen) atoms. The van der Waals surface area contributed by atoms with Gasteiger partial charge in [-0.3, -0.25) is 9.69 Å². The van der Waals surface area contributed by atoms with E-state index >= 15 is 0 Å². The molecular formula is C15H31Cl2N3O. The van der Waals surface area contributed by atoms with Gasteiger partial charge in [0, 0.05) is 32.1 Å². The second-order valence-electron chi connectivity index (χ2n) is 6.03. The van der Waals surface area contributed by atoms with Gasteiger partial charge < -0.3 is 10.2 Å². The molecule has 0 spiro atoms. The lowest BCUT2D eigenvalue weighted by atomic mass is 10.1. The average molecular weight is 340 g/mol. The van der Waals surface area contributed by atoms with E-state index in [-0.39, 0.29) is 24.8 Å². The van der Waals surface area contributed by atoms with Gasteiger partial charge in [0.25, 0.3) is 0 Å². The van der Waals surface area contributed by atoms with Crippen molar-refractivity contribution >= 4 is 30.7 Å². The second-order valence-corrected chi connectivity index (χ2v) is 6.03. The van der Waals surface area contributed by atoms with Crippen LogP contribution in [0, 0.1) is 0 Å². The van der Waals surface area contributed by atoms with Crippen molar-refractivity contribution in [3.63, 3.8) is 0 Å². The van der Waals surface area contributed by atoms with Gasteiger partial charge in [-0.2, -0.15) is 0 Å². The van der Waals surface area contributed by atoms with Gasteiger partial charge in [0.1, 0.15) is 0 Å². The van der Waals surface area contributed by atoms with Crippen molar-refractivity contribution in [2.45, 2.75) is 57.5 Å². The highest BCUT2D eigenvalue weighted by atomic mass is 35.5. The van der Waals surface area contributed by atoms with E-state index in [4.69, 9.17) is 0 Å². The van der Waals surface area contributed by atoms with Crippen molar-refractivity contribution in [3.05, 3.63) is 0 Å². The van der Waals surface area contributed by atoms with Gasteiger partial charge in [0.2, 0.25) is 5.91 Å². The van der Waals surface area contributed by atoms with E-state index in [1.54, 1.807) is 0 Å². The number of hydrogen-bond acceptors (Lipinski definition) is 3. The van der Waals surface area contributed by atoms with Gasteiger partial charge in [-0.15, -0.1) is 24.8 Å². The Morgan fingerprint density at radius 3 is 2.67 bits per heavy atom. The maximum Gasteiger partial charge on any atom is 0.222 e. The molecule has 2 fully saturated rings. The molecule has 2 aliphatic rings. The molecule has 0 saturated carbocycles. The zero-order valence-electron chi connectivity index (χ0n) is 13.3. The van der Waals surface area contributed by atoms with Gasteiger partial charge >= 0.3 is 0 Å². The van der Waals surface area contributed by atoms with Gasteiger partial charge in [-0.1, -0.05) is 6.92 Å². The molecule has 0 radical (unpaired) electrons. The van der Waals surface area contributed by atoms with Gasteiger partial charge in [-0.25, -0.2) is 0 Å². The molecular weight excluding hydrogens is 309 g/mol. The SMILES string of the molecule is CCN1CCCC1CN(C)C(=O)CCC1CCCN1.Cl.Cl. The van der Waals surface area contributed by atoms with Crippen LogP contribution in [0.2, 0.25) is 0 Å². The Morgan fingerprint density at radius 1 is 1.29 bits per heavy atom. The number of hydrogen-bond donors (Lipinski definition) is 1. The summed E-state index contributed by atoms with van der Waals surface area (Å²) >= 11 is 0. The van der Waals surface area contributed by atoms with E-state index in [2.05, 4.69) is 17.1 Å². The Balaban J connectivity index is 0.00000200. The van der Waals surface area contributed by atoms with E-state index < -0.39 is 0 Å². The topological polar surface area (TPSA) is 35.6 Å². The molecule has 2 saturated heterocycles. The Bertz CT molecular complexity index is 299. The first-order valence-corrected chi connectivity index (χ1v) is 7.92. The minimum absolute atomic E-state index is 0. The fraction of sp³-hybridized carbons (Fsp3) is 0.933. The van der Waals surface area contributed by atoms with Gasteiger partial charge in [0.15, 0.2) is 0 Å². The highest BCUT2D eigenvalue weighted by Crippen LogP contribution is 2.18. The van der Waals surface area contributed by atoms with Crippen LogP contribution in [-0.4, -0.2) is 61.0 Å². The van der Waals surface area contributed by atoms with Crippen molar-refractivity contribution < 1.29 is 4.79 Å². The maximum atomic E-state index is 12.2. The molecule has 0 aliphatic carbocycles. The van der Waals surface area contributed by atoms with Crippen LogP contribution in [0.1, 0.15) is 45.4 Å². The molecule has 2 unspecified atom stereocenters. The zero-order chi connectivity index (χ0) is 13.7. The van der Waals surface area contributed by atoms with E-state index in [1.807, 2.05) is 11.9 Å². The van der Waals surface area contributed by atoms with Crippen LogP contribution >= 0.6 is 24.8 Å². The maximum absolute atomic E-state index is 12.2. The first kappa shape index (κ1) is 21.0. The molecule has 2 rings (SSSR count). The highest BCUT2D eigenvalue weighted by molar-refractivity contribution is 5.85. The predicted octanol–water partition coefficient (Wildman–Crippen LogP) is 2.30. The van der Waals surface area contributed by atoms with Crippen molar-refractivity contribution in [1.82, 2.24) is 15.1 Å². The van der Waals surface area contributed by atoms with E-state index in [9.17, 15) is 4.79 Å². The van der Waals surface area contributed by atoms with Gasteiger partial charge in [-0.05, 0) is 51.7 Å². The number of amides is 1. The van der Waals surface area contributed by atoms with Crippen molar-refractivity contribution in [2.75, 3.05) is 33.2 Å². The minimum Gasteiger partial charge on any atom is -0.344 e. The fourth-order valence-corrected chi connectivity index (χ4v) is 3.43. The Morgan fingerprint density at radius 2 is 2.05 bits per heavy atom. The molecule has 0 aromatic rings. The number of nitrogens with zero attached hydrogens (tertiary/aromatic N) is 2. The second kappa shape index (κ2) is 10.7. The lowest BCUT2D eigenvalue weighted by molar-refractivity contribution is -0.130. The van der Waals surface area contributed by atoms with E-state index in [0.717, 1.165) is 26.1 Å². The Kier molecular flexibility index (Phi) is 10.6. The third kappa shape index (κ3) is 6.31. The largest absolute Gasteiger partial charge is 0.344 e. The molecule has 2 aliphatic heterocycles. The smallest absolute Gasteiger partial charge is 0.222 e. The van der Waals surface area contributed by atoms with Crippen LogP contribution in [-0.2, 0) is 4.79 Å². The third-order valence-electron chi connectivity index (χ3n) is 4.68. The fourth-order valence-electron chi connectivity index (χ4n) is 3.43. The summed E-state index contributed by atoms with van der Waals surface area (Å²) in [6.07, 6.45) is 6.74. The molecule has 0 aromatic heterocycles. The van der Waals surface area contributed by atoms with Gasteiger partial charge in [0.05, 0.1) is 0 Å². The molecule has 4 nitrogen and oxygen atoms in total. The van der Waals surface area contributed by atoms with E-state index in [0.29, 0.717) is 24.4 Å². The van der Waals surface area contributed by atoms with Crippen LogP contribution in [0.15, 0.2) is 0 Å². The summed E-state index contributed by atoms with van der Waals surface area (Å²) in [5, 5.41) is 3.46. The van der Waals surface area contributed by atoms with E-state index in [1.165, 1.54) is 32.2 Å². The van der Waals surface area contributed by atoms with Crippen molar-refractivity contribution in [3.8, 4) is 0 Å². The molecule has 0 bridgehead atoms. The number of nitrogens with one attached hydrogen (secondary N) is 1. The molecule has 126 valence electrons. The van der Waals surface area contributed by atoms with Crippen LogP contribution in [0.5, 0.6) is 0 Å². The Hall–Kier alpha value is -0.0300. The summed E-state index contributed by atoms with van der Waals surface area (Å²) in [4.78, 5) is 16.6. The number of carbonyl (C=O) groups excluding carboxylic acids is 1. The number of halogens is 2. The summed E-state index contributed by atoms with van der Waals surface area (Å²) in [6, 6.07) is 1.17. The molecule has 0 aromatic carbocycles. The van der Waals surface area contributed by atoms with Crippen molar-refractivity contribution in [1.29, 1.82) is 0 Å². The number of likely N-dealkylation sites (tertiary alicyclic amines) is 1. The molecule has 1 N–H and O–H groups in total. The molecule has 6 heteroatoms. The molecule has 2 atom stereocenters. The normalized spacial score (nSPS) is 25.2. The first-order valence-electron chi connectivity index (χ1n) is 7.92. The van der Waals surface area contributed by atoms with Crippen LogP contribution in [0.3, 0.4) is 0 Å².